The van der Waals surface area contributed by atoms with E-state index >= 15 is 0 Å². The van der Waals surface area contributed by atoms with Gasteiger partial charge >= 0.3 is 7.12 Å². The predicted molar refractivity (Wildman–Crippen MR) is 67.5 cm³/mol. The minimum atomic E-state index is -0.437. The molecule has 1 aliphatic rings. The fraction of sp³-hybridized carbons (Fsp3) is 0.636. The molecule has 1 fully saturated rings. The fourth-order valence-corrected chi connectivity index (χ4v) is 1.81. The van der Waals surface area contributed by atoms with Gasteiger partial charge in [0.1, 0.15) is 0 Å². The number of rotatable bonds is 1. The summed E-state index contributed by atoms with van der Waals surface area (Å²) in [6.45, 7) is 9.91. The second kappa shape index (κ2) is 3.94. The predicted octanol–water partition coefficient (Wildman–Crippen LogP) is 1.74. The minimum absolute atomic E-state index is 0.348. The molecule has 1 saturated heterocycles. The number of aromatic nitrogens is 2. The summed E-state index contributed by atoms with van der Waals surface area (Å²) in [5.41, 5.74) is 0.885. The van der Waals surface area contributed by atoms with E-state index in [1.807, 2.05) is 34.6 Å². The molecule has 1 aromatic rings. The number of aryl methyl sites for hydroxylation is 1. The minimum Gasteiger partial charge on any atom is -0.399 e. The van der Waals surface area contributed by atoms with Crippen LogP contribution in [0.3, 0.4) is 0 Å². The van der Waals surface area contributed by atoms with Crippen LogP contribution in [0.25, 0.3) is 0 Å². The standard InChI is InChI=1S/C11H16BClN2O2/c1-7-8(6-9(13)15-14-7)12-16-10(2,3)11(4,5)17-12/h6H,1-5H3. The summed E-state index contributed by atoms with van der Waals surface area (Å²) >= 11 is 5.85. The van der Waals surface area contributed by atoms with Gasteiger partial charge < -0.3 is 9.31 Å². The van der Waals surface area contributed by atoms with Gasteiger partial charge in [-0.2, -0.15) is 5.10 Å². The summed E-state index contributed by atoms with van der Waals surface area (Å²) in [7, 11) is -0.437. The molecule has 2 rings (SSSR count). The number of hydrogen-bond donors (Lipinski definition) is 0. The largest absolute Gasteiger partial charge is 0.496 e. The molecule has 0 spiro atoms. The Labute approximate surface area is 107 Å². The molecule has 0 saturated carbocycles. The summed E-state index contributed by atoms with van der Waals surface area (Å²) in [5.74, 6) is 0. The monoisotopic (exact) mass is 254 g/mol. The van der Waals surface area contributed by atoms with E-state index in [0.29, 0.717) is 5.15 Å². The first kappa shape index (κ1) is 12.8. The Balaban J connectivity index is 2.35. The molecular formula is C11H16BClN2O2. The Kier molecular flexibility index (Phi) is 2.96. The Bertz CT molecular complexity index is 435. The van der Waals surface area contributed by atoms with Crippen LogP contribution in [-0.2, 0) is 9.31 Å². The highest BCUT2D eigenvalue weighted by molar-refractivity contribution is 6.62. The zero-order valence-electron chi connectivity index (χ0n) is 10.7. The van der Waals surface area contributed by atoms with Crippen LogP contribution >= 0.6 is 11.6 Å². The van der Waals surface area contributed by atoms with Crippen molar-refractivity contribution >= 4 is 24.2 Å². The number of hydrogen-bond acceptors (Lipinski definition) is 4. The summed E-state index contributed by atoms with van der Waals surface area (Å²) in [6, 6.07) is 1.74. The second-order valence-corrected chi connectivity index (χ2v) is 5.68. The second-order valence-electron chi connectivity index (χ2n) is 5.30. The van der Waals surface area contributed by atoms with E-state index < -0.39 is 7.12 Å². The average Bonchev–Trinajstić information content (AvgIpc) is 2.40. The van der Waals surface area contributed by atoms with Crippen LogP contribution in [0.5, 0.6) is 0 Å². The van der Waals surface area contributed by atoms with Gasteiger partial charge in [-0.3, -0.25) is 0 Å². The van der Waals surface area contributed by atoms with Crippen LogP contribution in [0.1, 0.15) is 33.4 Å². The molecule has 4 nitrogen and oxygen atoms in total. The maximum atomic E-state index is 5.94. The van der Waals surface area contributed by atoms with Gasteiger partial charge in [-0.1, -0.05) is 11.6 Å². The lowest BCUT2D eigenvalue weighted by atomic mass is 9.78. The van der Waals surface area contributed by atoms with Crippen molar-refractivity contribution in [3.8, 4) is 0 Å². The van der Waals surface area contributed by atoms with Gasteiger partial charge in [0.25, 0.3) is 0 Å². The maximum absolute atomic E-state index is 5.94. The average molecular weight is 255 g/mol. The summed E-state index contributed by atoms with van der Waals surface area (Å²) < 4.78 is 11.9. The third-order valence-corrected chi connectivity index (χ3v) is 3.68. The lowest BCUT2D eigenvalue weighted by Gasteiger charge is -2.32. The van der Waals surface area contributed by atoms with Crippen LogP contribution in [-0.4, -0.2) is 28.5 Å². The molecule has 0 atom stereocenters. The Hall–Kier alpha value is -0.645. The van der Waals surface area contributed by atoms with Gasteiger partial charge in [0.2, 0.25) is 0 Å². The Morgan fingerprint density at radius 3 is 2.18 bits per heavy atom. The molecule has 0 aromatic carbocycles. The molecule has 1 aliphatic heterocycles. The first-order chi connectivity index (χ1) is 7.73. The Morgan fingerprint density at radius 2 is 1.65 bits per heavy atom. The van der Waals surface area contributed by atoms with Gasteiger partial charge in [0.05, 0.1) is 16.9 Å². The topological polar surface area (TPSA) is 44.2 Å². The Morgan fingerprint density at radius 1 is 1.12 bits per heavy atom. The SMILES string of the molecule is Cc1nnc(Cl)cc1B1OC(C)(C)C(C)(C)O1. The van der Waals surface area contributed by atoms with Crippen LogP contribution in [0, 0.1) is 6.92 Å². The molecule has 0 amide bonds. The van der Waals surface area contributed by atoms with Gasteiger partial charge in [0.15, 0.2) is 5.15 Å². The molecule has 6 heteroatoms. The molecule has 0 bridgehead atoms. The van der Waals surface area contributed by atoms with Crippen molar-refractivity contribution in [2.75, 3.05) is 0 Å². The molecular weight excluding hydrogens is 238 g/mol. The molecule has 0 unspecified atom stereocenters. The van der Waals surface area contributed by atoms with E-state index in [-0.39, 0.29) is 11.2 Å². The summed E-state index contributed by atoms with van der Waals surface area (Å²) in [6.07, 6.45) is 0. The third kappa shape index (κ3) is 2.19. The zero-order chi connectivity index (χ0) is 12.8. The lowest BCUT2D eigenvalue weighted by Crippen LogP contribution is -2.41. The highest BCUT2D eigenvalue weighted by Gasteiger charge is 2.52. The van der Waals surface area contributed by atoms with Crippen molar-refractivity contribution < 1.29 is 9.31 Å². The van der Waals surface area contributed by atoms with Crippen molar-refractivity contribution in [3.63, 3.8) is 0 Å². The summed E-state index contributed by atoms with van der Waals surface area (Å²) in [5, 5.41) is 8.11. The third-order valence-electron chi connectivity index (χ3n) is 3.50. The van der Waals surface area contributed by atoms with Crippen molar-refractivity contribution in [1.29, 1.82) is 0 Å². The van der Waals surface area contributed by atoms with E-state index in [4.69, 9.17) is 20.9 Å². The molecule has 1 aromatic heterocycles. The maximum Gasteiger partial charge on any atom is 0.496 e. The lowest BCUT2D eigenvalue weighted by molar-refractivity contribution is 0.00578. The highest BCUT2D eigenvalue weighted by atomic mass is 35.5. The van der Waals surface area contributed by atoms with E-state index in [2.05, 4.69) is 10.2 Å². The van der Waals surface area contributed by atoms with E-state index in [1.54, 1.807) is 6.07 Å². The van der Waals surface area contributed by atoms with Crippen molar-refractivity contribution in [2.45, 2.75) is 45.8 Å². The number of halogens is 1. The molecule has 17 heavy (non-hydrogen) atoms. The van der Waals surface area contributed by atoms with E-state index in [1.165, 1.54) is 0 Å². The molecule has 0 radical (unpaired) electrons. The van der Waals surface area contributed by atoms with E-state index in [9.17, 15) is 0 Å². The smallest absolute Gasteiger partial charge is 0.399 e. The summed E-state index contributed by atoms with van der Waals surface area (Å²) in [4.78, 5) is 0. The first-order valence-corrected chi connectivity index (χ1v) is 5.96. The van der Waals surface area contributed by atoms with Gasteiger partial charge in [-0.15, -0.1) is 5.10 Å². The van der Waals surface area contributed by atoms with Crippen LogP contribution in [0.2, 0.25) is 5.15 Å². The van der Waals surface area contributed by atoms with Crippen molar-refractivity contribution in [1.82, 2.24) is 10.2 Å². The molecule has 0 N–H and O–H groups in total. The van der Waals surface area contributed by atoms with Crippen LogP contribution < -0.4 is 5.46 Å². The van der Waals surface area contributed by atoms with Crippen molar-refractivity contribution in [2.24, 2.45) is 0 Å². The quantitative estimate of drug-likeness (QED) is 0.716. The van der Waals surface area contributed by atoms with E-state index in [0.717, 1.165) is 11.2 Å². The van der Waals surface area contributed by atoms with Crippen molar-refractivity contribution in [3.05, 3.63) is 16.9 Å². The van der Waals surface area contributed by atoms with Crippen LogP contribution in [0.15, 0.2) is 6.07 Å². The molecule has 92 valence electrons. The van der Waals surface area contributed by atoms with Crippen LogP contribution in [0.4, 0.5) is 0 Å². The normalized spacial score (nSPS) is 21.9. The zero-order valence-corrected chi connectivity index (χ0v) is 11.5. The highest BCUT2D eigenvalue weighted by Crippen LogP contribution is 2.36. The van der Waals surface area contributed by atoms with Gasteiger partial charge in [-0.05, 0) is 40.7 Å². The molecule has 0 aliphatic carbocycles. The molecule has 2 heterocycles. The first-order valence-electron chi connectivity index (χ1n) is 5.58. The van der Waals surface area contributed by atoms with Gasteiger partial charge in [-0.25, -0.2) is 0 Å². The number of nitrogens with zero attached hydrogens (tertiary/aromatic N) is 2. The van der Waals surface area contributed by atoms with Gasteiger partial charge in [0, 0.05) is 5.46 Å². The fourth-order valence-electron chi connectivity index (χ4n) is 1.65.